The summed E-state index contributed by atoms with van der Waals surface area (Å²) in [6.07, 6.45) is 0.954. The van der Waals surface area contributed by atoms with Gasteiger partial charge >= 0.3 is 0 Å². The van der Waals surface area contributed by atoms with Crippen LogP contribution >= 0.6 is 11.6 Å². The average Bonchev–Trinajstić information content (AvgIpc) is 2.36. The van der Waals surface area contributed by atoms with E-state index < -0.39 is 33.5 Å². The van der Waals surface area contributed by atoms with E-state index in [1.807, 2.05) is 0 Å². The first-order valence-corrected chi connectivity index (χ1v) is 8.73. The molecule has 9 heteroatoms. The Labute approximate surface area is 133 Å². The molecule has 0 radical (unpaired) electrons. The van der Waals surface area contributed by atoms with Crippen LogP contribution in [0.1, 0.15) is 13.3 Å². The molecule has 1 aromatic rings. The van der Waals surface area contributed by atoms with Gasteiger partial charge in [0, 0.05) is 13.2 Å². The Hall–Kier alpha value is -1.67. The number of hydrogen-bond acceptors (Lipinski definition) is 4. The molecule has 0 heterocycles. The number of hydrogen-bond donors (Lipinski definition) is 2. The van der Waals surface area contributed by atoms with Crippen LogP contribution in [0, 0.1) is 5.82 Å². The molecule has 0 spiro atoms. The Morgan fingerprint density at radius 2 is 2.00 bits per heavy atom. The lowest BCUT2D eigenvalue weighted by atomic mass is 10.2. The van der Waals surface area contributed by atoms with E-state index in [0.29, 0.717) is 0 Å². The van der Waals surface area contributed by atoms with E-state index in [2.05, 4.69) is 10.6 Å². The summed E-state index contributed by atoms with van der Waals surface area (Å²) in [5.41, 5.74) is 0.169. The average molecular weight is 351 g/mol. The van der Waals surface area contributed by atoms with Crippen molar-refractivity contribution in [3.8, 4) is 0 Å². The third kappa shape index (κ3) is 6.40. The molecule has 0 fully saturated rings. The fourth-order valence-electron chi connectivity index (χ4n) is 1.66. The van der Waals surface area contributed by atoms with Gasteiger partial charge in [0.2, 0.25) is 11.8 Å². The van der Waals surface area contributed by atoms with Crippen LogP contribution < -0.4 is 10.6 Å². The van der Waals surface area contributed by atoms with E-state index in [1.165, 1.54) is 13.0 Å². The Balaban J connectivity index is 2.84. The number of amides is 2. The maximum Gasteiger partial charge on any atom is 0.247 e. The fraction of sp³-hybridized carbons (Fsp3) is 0.385. The topological polar surface area (TPSA) is 92.3 Å². The highest BCUT2D eigenvalue weighted by atomic mass is 35.5. The number of carbonyl (C=O) groups is 2. The van der Waals surface area contributed by atoms with Crippen molar-refractivity contribution in [2.45, 2.75) is 19.4 Å². The van der Waals surface area contributed by atoms with Gasteiger partial charge in [0.05, 0.1) is 16.5 Å². The molecule has 6 nitrogen and oxygen atoms in total. The van der Waals surface area contributed by atoms with Gasteiger partial charge in [0.1, 0.15) is 21.7 Å². The van der Waals surface area contributed by atoms with Crippen molar-refractivity contribution in [3.05, 3.63) is 29.0 Å². The molecule has 1 aromatic carbocycles. The predicted molar refractivity (Wildman–Crippen MR) is 82.0 cm³/mol. The highest BCUT2D eigenvalue weighted by Crippen LogP contribution is 2.22. The smallest absolute Gasteiger partial charge is 0.247 e. The Morgan fingerprint density at radius 3 is 2.50 bits per heavy atom. The van der Waals surface area contributed by atoms with Crippen LogP contribution in [0.3, 0.4) is 0 Å². The molecule has 0 unspecified atom stereocenters. The van der Waals surface area contributed by atoms with Crippen LogP contribution in [0.4, 0.5) is 10.1 Å². The number of sulfone groups is 1. The molecular weight excluding hydrogens is 335 g/mol. The van der Waals surface area contributed by atoms with Gasteiger partial charge in [-0.05, 0) is 24.6 Å². The monoisotopic (exact) mass is 350 g/mol. The molecule has 1 rings (SSSR count). The minimum atomic E-state index is -3.28. The van der Waals surface area contributed by atoms with Crippen LogP contribution in [0.25, 0.3) is 0 Å². The quantitative estimate of drug-likeness (QED) is 0.810. The third-order valence-electron chi connectivity index (χ3n) is 2.66. The molecule has 0 saturated carbocycles. The normalized spacial score (nSPS) is 12.5. The predicted octanol–water partition coefficient (Wildman–Crippen LogP) is 1.36. The maximum absolute atomic E-state index is 12.9. The van der Waals surface area contributed by atoms with E-state index in [0.717, 1.165) is 18.4 Å². The summed E-state index contributed by atoms with van der Waals surface area (Å²) in [4.78, 5) is 23.3. The summed E-state index contributed by atoms with van der Waals surface area (Å²) >= 11 is 5.80. The van der Waals surface area contributed by atoms with Crippen molar-refractivity contribution in [2.24, 2.45) is 0 Å². The first-order chi connectivity index (χ1) is 10.1. The Morgan fingerprint density at radius 1 is 1.36 bits per heavy atom. The molecule has 0 aliphatic heterocycles. The van der Waals surface area contributed by atoms with Crippen molar-refractivity contribution in [2.75, 3.05) is 17.3 Å². The fourth-order valence-corrected chi connectivity index (χ4v) is 2.54. The second-order valence-corrected chi connectivity index (χ2v) is 7.45. The number of benzene rings is 1. The summed E-state index contributed by atoms with van der Waals surface area (Å²) in [5.74, 6) is -1.92. The first kappa shape index (κ1) is 18.4. The molecule has 122 valence electrons. The van der Waals surface area contributed by atoms with Crippen LogP contribution in [0.2, 0.25) is 5.02 Å². The zero-order chi connectivity index (χ0) is 16.9. The second kappa shape index (κ2) is 7.55. The summed E-state index contributed by atoms with van der Waals surface area (Å²) in [6.45, 7) is 1.21. The van der Waals surface area contributed by atoms with E-state index in [1.54, 1.807) is 0 Å². The van der Waals surface area contributed by atoms with Crippen LogP contribution in [-0.4, -0.2) is 38.3 Å². The first-order valence-electron chi connectivity index (χ1n) is 6.29. The number of nitrogens with one attached hydrogen (secondary N) is 2. The van der Waals surface area contributed by atoms with Crippen molar-refractivity contribution in [1.82, 2.24) is 5.32 Å². The molecule has 1 atom stereocenters. The molecule has 0 bridgehead atoms. The molecule has 2 N–H and O–H groups in total. The lowest BCUT2D eigenvalue weighted by Gasteiger charge is -2.17. The van der Waals surface area contributed by atoms with Gasteiger partial charge in [-0.2, -0.15) is 0 Å². The van der Waals surface area contributed by atoms with Crippen molar-refractivity contribution in [3.63, 3.8) is 0 Å². The molecule has 0 aliphatic rings. The molecular formula is C13H16ClFN2O4S. The van der Waals surface area contributed by atoms with Crippen LogP contribution in [0.5, 0.6) is 0 Å². The molecule has 2 amide bonds. The second-order valence-electron chi connectivity index (χ2n) is 4.79. The Bertz CT molecular complexity index is 679. The van der Waals surface area contributed by atoms with Crippen LogP contribution in [0.15, 0.2) is 18.2 Å². The highest BCUT2D eigenvalue weighted by molar-refractivity contribution is 7.90. The largest absolute Gasteiger partial charge is 0.345 e. The SMILES string of the molecule is CC(=O)N[C@@H](CCS(C)(=O)=O)C(=O)Nc1ccc(F)cc1Cl. The van der Waals surface area contributed by atoms with Crippen molar-refractivity contribution in [1.29, 1.82) is 0 Å². The number of halogens is 2. The van der Waals surface area contributed by atoms with Gasteiger partial charge in [-0.15, -0.1) is 0 Å². The van der Waals surface area contributed by atoms with E-state index >= 15 is 0 Å². The highest BCUT2D eigenvalue weighted by Gasteiger charge is 2.22. The summed E-state index contributed by atoms with van der Waals surface area (Å²) in [7, 11) is -3.28. The molecule has 0 aromatic heterocycles. The number of rotatable bonds is 6. The third-order valence-corrected chi connectivity index (χ3v) is 3.95. The minimum absolute atomic E-state index is 0.00182. The summed E-state index contributed by atoms with van der Waals surface area (Å²) in [6, 6.07) is 2.39. The van der Waals surface area contributed by atoms with Crippen LogP contribution in [-0.2, 0) is 19.4 Å². The van der Waals surface area contributed by atoms with E-state index in [4.69, 9.17) is 11.6 Å². The Kier molecular flexibility index (Phi) is 6.31. The van der Waals surface area contributed by atoms with Gasteiger partial charge in [-0.3, -0.25) is 9.59 Å². The minimum Gasteiger partial charge on any atom is -0.345 e. The van der Waals surface area contributed by atoms with E-state index in [9.17, 15) is 22.4 Å². The standard InChI is InChI=1S/C13H16ClFN2O4S/c1-8(18)16-12(5-6-22(2,20)21)13(19)17-11-4-3-9(15)7-10(11)14/h3-4,7,12H,5-6H2,1-2H3,(H,16,18)(H,17,19)/t12-/m0/s1. The summed E-state index contributed by atoms with van der Waals surface area (Å²) in [5, 5.41) is 4.80. The van der Waals surface area contributed by atoms with E-state index in [-0.39, 0.29) is 22.9 Å². The zero-order valence-corrected chi connectivity index (χ0v) is 13.6. The lowest BCUT2D eigenvalue weighted by Crippen LogP contribution is -2.44. The number of anilines is 1. The lowest BCUT2D eigenvalue weighted by molar-refractivity contribution is -0.125. The molecule has 22 heavy (non-hydrogen) atoms. The van der Waals surface area contributed by atoms with Crippen molar-refractivity contribution >= 4 is 38.9 Å². The van der Waals surface area contributed by atoms with Crippen molar-refractivity contribution < 1.29 is 22.4 Å². The van der Waals surface area contributed by atoms with Gasteiger partial charge in [-0.1, -0.05) is 11.6 Å². The molecule has 0 aliphatic carbocycles. The maximum atomic E-state index is 12.9. The molecule has 0 saturated heterocycles. The zero-order valence-electron chi connectivity index (χ0n) is 12.0. The van der Waals surface area contributed by atoms with Gasteiger partial charge in [0.15, 0.2) is 0 Å². The van der Waals surface area contributed by atoms with Gasteiger partial charge in [0.25, 0.3) is 0 Å². The van der Waals surface area contributed by atoms with Gasteiger partial charge < -0.3 is 10.6 Å². The van der Waals surface area contributed by atoms with Gasteiger partial charge in [-0.25, -0.2) is 12.8 Å². The summed E-state index contributed by atoms with van der Waals surface area (Å²) < 4.78 is 35.3. The number of carbonyl (C=O) groups excluding carboxylic acids is 2.